The molecule has 2 heterocycles. The zero-order chi connectivity index (χ0) is 18.0. The van der Waals surface area contributed by atoms with Crippen LogP contribution in [0.4, 0.5) is 0 Å². The van der Waals surface area contributed by atoms with Gasteiger partial charge >= 0.3 is 0 Å². The number of hydrogen-bond acceptors (Lipinski definition) is 4. The molecule has 1 aromatic heterocycles. The fraction of sp³-hybridized carbons (Fsp3) is 0.444. The number of fused-ring (bicyclic) bond motifs is 1. The van der Waals surface area contributed by atoms with Gasteiger partial charge in [-0.3, -0.25) is 14.5 Å². The second-order valence-electron chi connectivity index (χ2n) is 6.53. The molecule has 0 aliphatic carbocycles. The Bertz CT molecular complexity index is 782. The number of benzene rings is 1. The molecule has 1 aliphatic heterocycles. The van der Waals surface area contributed by atoms with Crippen LogP contribution in [0.3, 0.4) is 0 Å². The molecule has 0 radical (unpaired) electrons. The standard InChI is InChI=1S/C18H22ClN3O2S/c1-12(2)20-15(23)11-21-7-9-22(10-8-21)18(24)17-16(19)13-5-3-4-6-14(13)25-17/h3-6,12H,7-11H2,1-2H3,(H,20,23). The molecule has 1 fully saturated rings. The second-order valence-corrected chi connectivity index (χ2v) is 7.96. The predicted octanol–water partition coefficient (Wildman–Crippen LogP) is 2.84. The molecule has 3 rings (SSSR count). The number of amides is 2. The van der Waals surface area contributed by atoms with Gasteiger partial charge in [-0.05, 0) is 19.9 Å². The Morgan fingerprint density at radius 3 is 2.52 bits per heavy atom. The van der Waals surface area contributed by atoms with Gasteiger partial charge in [0.1, 0.15) is 4.88 Å². The molecule has 0 unspecified atom stereocenters. The predicted molar refractivity (Wildman–Crippen MR) is 102 cm³/mol. The number of piperazine rings is 1. The minimum absolute atomic E-state index is 0.0162. The molecule has 0 bridgehead atoms. The summed E-state index contributed by atoms with van der Waals surface area (Å²) in [7, 11) is 0. The zero-order valence-corrected chi connectivity index (χ0v) is 16.0. The van der Waals surface area contributed by atoms with Crippen molar-refractivity contribution in [1.29, 1.82) is 0 Å². The monoisotopic (exact) mass is 379 g/mol. The van der Waals surface area contributed by atoms with Gasteiger partial charge in [-0.2, -0.15) is 0 Å². The van der Waals surface area contributed by atoms with Gasteiger partial charge in [-0.15, -0.1) is 11.3 Å². The Hall–Kier alpha value is -1.63. The van der Waals surface area contributed by atoms with Gasteiger partial charge in [0.15, 0.2) is 0 Å². The number of nitrogens with zero attached hydrogens (tertiary/aromatic N) is 2. The van der Waals surface area contributed by atoms with Crippen LogP contribution in [0.1, 0.15) is 23.5 Å². The number of hydrogen-bond donors (Lipinski definition) is 1. The van der Waals surface area contributed by atoms with Crippen molar-refractivity contribution < 1.29 is 9.59 Å². The maximum absolute atomic E-state index is 12.8. The molecule has 25 heavy (non-hydrogen) atoms. The van der Waals surface area contributed by atoms with Crippen molar-refractivity contribution in [2.75, 3.05) is 32.7 Å². The maximum atomic E-state index is 12.8. The van der Waals surface area contributed by atoms with Crippen LogP contribution in [0.2, 0.25) is 5.02 Å². The van der Waals surface area contributed by atoms with Crippen molar-refractivity contribution in [2.24, 2.45) is 0 Å². The summed E-state index contributed by atoms with van der Waals surface area (Å²) in [6.45, 7) is 6.88. The van der Waals surface area contributed by atoms with E-state index in [1.54, 1.807) is 0 Å². The first-order chi connectivity index (χ1) is 12.0. The molecule has 5 nitrogen and oxygen atoms in total. The van der Waals surface area contributed by atoms with E-state index in [4.69, 9.17) is 11.6 Å². The van der Waals surface area contributed by atoms with E-state index in [1.807, 2.05) is 43.0 Å². The van der Waals surface area contributed by atoms with Crippen molar-refractivity contribution in [3.05, 3.63) is 34.2 Å². The van der Waals surface area contributed by atoms with E-state index >= 15 is 0 Å². The van der Waals surface area contributed by atoms with Gasteiger partial charge in [0.25, 0.3) is 5.91 Å². The average Bonchev–Trinajstić information content (AvgIpc) is 2.91. The third-order valence-electron chi connectivity index (χ3n) is 4.21. The van der Waals surface area contributed by atoms with Crippen LogP contribution in [0.5, 0.6) is 0 Å². The van der Waals surface area contributed by atoms with Crippen LogP contribution < -0.4 is 5.32 Å². The van der Waals surface area contributed by atoms with Crippen molar-refractivity contribution in [3.8, 4) is 0 Å². The number of rotatable bonds is 4. The Morgan fingerprint density at radius 2 is 1.88 bits per heavy atom. The van der Waals surface area contributed by atoms with Crippen LogP contribution in [0.25, 0.3) is 10.1 Å². The summed E-state index contributed by atoms with van der Waals surface area (Å²) in [5.74, 6) is 0.0137. The Morgan fingerprint density at radius 1 is 1.20 bits per heavy atom. The largest absolute Gasteiger partial charge is 0.353 e. The molecule has 1 aliphatic rings. The molecule has 134 valence electrons. The molecular weight excluding hydrogens is 358 g/mol. The minimum atomic E-state index is -0.0162. The highest BCUT2D eigenvalue weighted by molar-refractivity contribution is 7.21. The molecule has 0 spiro atoms. The number of thiophene rings is 1. The summed E-state index contributed by atoms with van der Waals surface area (Å²) in [6, 6.07) is 7.94. The number of halogens is 1. The fourth-order valence-corrected chi connectivity index (χ4v) is 4.45. The average molecular weight is 380 g/mol. The molecule has 7 heteroatoms. The Balaban J connectivity index is 1.61. The third-order valence-corrected chi connectivity index (χ3v) is 5.87. The van der Waals surface area contributed by atoms with E-state index < -0.39 is 0 Å². The quantitative estimate of drug-likeness (QED) is 0.888. The van der Waals surface area contributed by atoms with Crippen molar-refractivity contribution in [3.63, 3.8) is 0 Å². The topological polar surface area (TPSA) is 52.7 Å². The SMILES string of the molecule is CC(C)NC(=O)CN1CCN(C(=O)c2sc3ccccc3c2Cl)CC1. The normalized spacial score (nSPS) is 15.8. The molecule has 1 aromatic carbocycles. The summed E-state index contributed by atoms with van der Waals surface area (Å²) < 4.78 is 1.03. The molecule has 0 saturated carbocycles. The summed E-state index contributed by atoms with van der Waals surface area (Å²) >= 11 is 7.86. The number of nitrogens with one attached hydrogen (secondary N) is 1. The van der Waals surface area contributed by atoms with Crippen LogP contribution in [-0.2, 0) is 4.79 Å². The number of carbonyl (C=O) groups is 2. The van der Waals surface area contributed by atoms with Gasteiger partial charge in [0.05, 0.1) is 11.6 Å². The molecule has 2 aromatic rings. The van der Waals surface area contributed by atoms with Gasteiger partial charge in [-0.25, -0.2) is 0 Å². The van der Waals surface area contributed by atoms with Gasteiger partial charge in [0.2, 0.25) is 5.91 Å². The summed E-state index contributed by atoms with van der Waals surface area (Å²) in [6.07, 6.45) is 0. The lowest BCUT2D eigenvalue weighted by Gasteiger charge is -2.34. The van der Waals surface area contributed by atoms with Crippen molar-refractivity contribution in [2.45, 2.75) is 19.9 Å². The molecular formula is C18H22ClN3O2S. The number of carbonyl (C=O) groups excluding carboxylic acids is 2. The minimum Gasteiger partial charge on any atom is -0.353 e. The smallest absolute Gasteiger partial charge is 0.265 e. The lowest BCUT2D eigenvalue weighted by atomic mass is 10.2. The van der Waals surface area contributed by atoms with E-state index in [0.717, 1.165) is 10.1 Å². The first-order valence-corrected chi connectivity index (χ1v) is 9.63. The van der Waals surface area contributed by atoms with Crippen molar-refractivity contribution >= 4 is 44.8 Å². The van der Waals surface area contributed by atoms with Crippen LogP contribution in [0, 0.1) is 0 Å². The van der Waals surface area contributed by atoms with Crippen LogP contribution in [-0.4, -0.2) is 60.4 Å². The summed E-state index contributed by atoms with van der Waals surface area (Å²) in [4.78, 5) is 29.2. The highest BCUT2D eigenvalue weighted by Gasteiger charge is 2.26. The fourth-order valence-electron chi connectivity index (χ4n) is 2.97. The molecule has 0 atom stereocenters. The van der Waals surface area contributed by atoms with E-state index in [2.05, 4.69) is 10.2 Å². The molecule has 1 saturated heterocycles. The maximum Gasteiger partial charge on any atom is 0.265 e. The first-order valence-electron chi connectivity index (χ1n) is 8.43. The van der Waals surface area contributed by atoms with E-state index in [-0.39, 0.29) is 17.9 Å². The Kier molecular flexibility index (Phi) is 5.61. The van der Waals surface area contributed by atoms with Crippen LogP contribution >= 0.6 is 22.9 Å². The third kappa shape index (κ3) is 4.14. The van der Waals surface area contributed by atoms with E-state index in [1.165, 1.54) is 11.3 Å². The summed E-state index contributed by atoms with van der Waals surface area (Å²) in [5, 5.41) is 4.37. The summed E-state index contributed by atoms with van der Waals surface area (Å²) in [5.41, 5.74) is 0. The zero-order valence-electron chi connectivity index (χ0n) is 14.4. The Labute approximate surface area is 156 Å². The highest BCUT2D eigenvalue weighted by Crippen LogP contribution is 2.35. The van der Waals surface area contributed by atoms with Crippen molar-refractivity contribution in [1.82, 2.24) is 15.1 Å². The van der Waals surface area contributed by atoms with Gasteiger partial charge < -0.3 is 10.2 Å². The second kappa shape index (κ2) is 7.72. The lowest BCUT2D eigenvalue weighted by Crippen LogP contribution is -2.51. The highest BCUT2D eigenvalue weighted by atomic mass is 35.5. The first kappa shape index (κ1) is 18.2. The molecule has 1 N–H and O–H groups in total. The van der Waals surface area contributed by atoms with Gasteiger partial charge in [-0.1, -0.05) is 29.8 Å². The molecule has 2 amide bonds. The van der Waals surface area contributed by atoms with E-state index in [9.17, 15) is 9.59 Å². The van der Waals surface area contributed by atoms with Gasteiger partial charge in [0, 0.05) is 42.3 Å². The van der Waals surface area contributed by atoms with Crippen LogP contribution in [0.15, 0.2) is 24.3 Å². The lowest BCUT2D eigenvalue weighted by molar-refractivity contribution is -0.123. The van der Waals surface area contributed by atoms with E-state index in [0.29, 0.717) is 42.6 Å².